The van der Waals surface area contributed by atoms with E-state index in [2.05, 4.69) is 25.9 Å². The van der Waals surface area contributed by atoms with Gasteiger partial charge in [-0.3, -0.25) is 15.5 Å². The second kappa shape index (κ2) is 16.1. The highest BCUT2D eigenvalue weighted by atomic mass is 19.4. The van der Waals surface area contributed by atoms with E-state index >= 15 is 0 Å². The normalized spacial score (nSPS) is 15.8. The van der Waals surface area contributed by atoms with E-state index in [0.717, 1.165) is 36.6 Å². The molecule has 3 aromatic rings. The highest BCUT2D eigenvalue weighted by molar-refractivity contribution is 6.04. The van der Waals surface area contributed by atoms with Crippen LogP contribution in [0.15, 0.2) is 42.5 Å². The maximum absolute atomic E-state index is 12.7. The molecule has 1 aliphatic rings. The average molecular weight is 671 g/mol. The molecule has 8 N–H and O–H groups in total. The largest absolute Gasteiger partial charge is 0.490 e. The van der Waals surface area contributed by atoms with Crippen LogP contribution in [0.25, 0.3) is 10.9 Å². The number of guanidine groups is 1. The van der Waals surface area contributed by atoms with Crippen molar-refractivity contribution in [2.75, 3.05) is 10.6 Å². The topological polar surface area (TPSA) is 227 Å². The number of fused-ring (bicyclic) bond motifs is 1. The number of aromatic nitrogens is 2. The van der Waals surface area contributed by atoms with Gasteiger partial charge in [0.15, 0.2) is 5.96 Å². The molecule has 0 bridgehead atoms. The molecule has 0 saturated heterocycles. The number of carbonyl (C=O) groups is 3. The lowest BCUT2D eigenvalue weighted by molar-refractivity contribution is -0.193. The first-order chi connectivity index (χ1) is 21.8. The van der Waals surface area contributed by atoms with Gasteiger partial charge in [0.05, 0.1) is 17.1 Å². The summed E-state index contributed by atoms with van der Waals surface area (Å²) in [7, 11) is 0. The monoisotopic (exact) mass is 670 g/mol. The van der Waals surface area contributed by atoms with Crippen molar-refractivity contribution < 1.29 is 50.9 Å². The van der Waals surface area contributed by atoms with Crippen LogP contribution in [0.4, 0.5) is 38.1 Å². The number of alkyl halides is 6. The summed E-state index contributed by atoms with van der Waals surface area (Å²) in [6.07, 6.45) is -6.21. The van der Waals surface area contributed by atoms with Crippen molar-refractivity contribution in [3.63, 3.8) is 0 Å². The predicted octanol–water partition coefficient (Wildman–Crippen LogP) is 4.53. The van der Waals surface area contributed by atoms with Crippen LogP contribution in [0, 0.1) is 23.7 Å². The Morgan fingerprint density at radius 1 is 0.936 bits per heavy atom. The number of nitrogens with two attached hydrogens (primary N) is 1. The number of halogens is 6. The fraction of sp³-hybridized carbons (Fsp3) is 0.321. The van der Waals surface area contributed by atoms with E-state index in [4.69, 9.17) is 36.2 Å². The third-order valence-electron chi connectivity index (χ3n) is 6.27. The van der Waals surface area contributed by atoms with E-state index in [1.807, 2.05) is 31.2 Å². The number of hydrogen-bond acceptors (Lipinski definition) is 8. The third kappa shape index (κ3) is 12.0. The molecule has 19 heteroatoms. The molecule has 1 amide bonds. The second-order valence-corrected chi connectivity index (χ2v) is 9.87. The van der Waals surface area contributed by atoms with Crippen LogP contribution >= 0.6 is 0 Å². The molecule has 1 aliphatic carbocycles. The Labute approximate surface area is 262 Å². The zero-order chi connectivity index (χ0) is 35.5. The quantitative estimate of drug-likeness (QED) is 0.113. The van der Waals surface area contributed by atoms with Crippen molar-refractivity contribution in [1.29, 1.82) is 10.7 Å². The summed E-state index contributed by atoms with van der Waals surface area (Å²) >= 11 is 0. The summed E-state index contributed by atoms with van der Waals surface area (Å²) < 4.78 is 63.5. The Morgan fingerprint density at radius 2 is 1.47 bits per heavy atom. The molecular formula is C28H28F6N8O5. The number of nitrogens with zero attached hydrogens (tertiary/aromatic N) is 3. The van der Waals surface area contributed by atoms with E-state index < -0.39 is 24.3 Å². The summed E-state index contributed by atoms with van der Waals surface area (Å²) in [5.74, 6) is -5.10. The molecule has 0 aliphatic heterocycles. The van der Waals surface area contributed by atoms with Gasteiger partial charge < -0.3 is 26.6 Å². The Balaban J connectivity index is 0.000000459. The summed E-state index contributed by atoms with van der Waals surface area (Å²) in [6, 6.07) is 14.3. The Bertz CT molecular complexity index is 1620. The minimum Gasteiger partial charge on any atom is -0.475 e. The molecule has 4 rings (SSSR count). The fourth-order valence-corrected chi connectivity index (χ4v) is 4.13. The van der Waals surface area contributed by atoms with Crippen molar-refractivity contribution in [3.05, 3.63) is 59.2 Å². The molecule has 0 radical (unpaired) electrons. The summed E-state index contributed by atoms with van der Waals surface area (Å²) in [5.41, 5.74) is 8.27. The molecule has 0 spiro atoms. The number of carboxylic acids is 2. The number of aliphatic carboxylic acids is 2. The first-order valence-electron chi connectivity index (χ1n) is 13.4. The lowest BCUT2D eigenvalue weighted by atomic mass is 9.90. The van der Waals surface area contributed by atoms with Gasteiger partial charge in [-0.1, -0.05) is 24.5 Å². The number of aryl methyl sites for hydroxylation is 1. The van der Waals surface area contributed by atoms with Crippen LogP contribution in [0.5, 0.6) is 0 Å². The van der Waals surface area contributed by atoms with Gasteiger partial charge in [-0.25, -0.2) is 14.6 Å². The third-order valence-corrected chi connectivity index (χ3v) is 6.27. The molecule has 252 valence electrons. The van der Waals surface area contributed by atoms with Crippen molar-refractivity contribution >= 4 is 46.5 Å². The number of rotatable bonds is 5. The van der Waals surface area contributed by atoms with Gasteiger partial charge in [0, 0.05) is 23.0 Å². The van der Waals surface area contributed by atoms with Gasteiger partial charge in [0.2, 0.25) is 5.95 Å². The van der Waals surface area contributed by atoms with E-state index in [0.29, 0.717) is 22.5 Å². The number of amides is 1. The molecule has 2 unspecified atom stereocenters. The van der Waals surface area contributed by atoms with Crippen molar-refractivity contribution in [3.8, 4) is 6.07 Å². The number of anilines is 2. The van der Waals surface area contributed by atoms with Gasteiger partial charge in [-0.15, -0.1) is 0 Å². The zero-order valence-corrected chi connectivity index (χ0v) is 24.3. The van der Waals surface area contributed by atoms with Crippen LogP contribution in [-0.2, 0) is 9.59 Å². The molecule has 13 nitrogen and oxygen atoms in total. The molecule has 2 atom stereocenters. The van der Waals surface area contributed by atoms with Gasteiger partial charge in [0.25, 0.3) is 5.91 Å². The standard InChI is InChI=1S/C24H26N8O.2C2HF3O2/c1-14-6-11-18-17(12-14)21(28-19-4-2-3-5-20(19)29-23(26)27)31-24(30-18)32-22(33)16-9-7-15(13-25)8-10-16;2*3-2(4,5)1(6)7/h6-12,19-20H,2-5H2,1H3,(H4,26,27,29)(H2,28,30,31,32,33);2*(H,6,7). The fourth-order valence-electron chi connectivity index (χ4n) is 4.13. The maximum Gasteiger partial charge on any atom is 0.490 e. The first kappa shape index (κ1) is 37.5. The lowest BCUT2D eigenvalue weighted by Gasteiger charge is -2.33. The molecule has 2 aromatic carbocycles. The number of benzene rings is 2. The highest BCUT2D eigenvalue weighted by Crippen LogP contribution is 2.28. The first-order valence-corrected chi connectivity index (χ1v) is 13.4. The van der Waals surface area contributed by atoms with E-state index in [1.54, 1.807) is 24.3 Å². The molecular weight excluding hydrogens is 642 g/mol. The molecule has 1 aromatic heterocycles. The van der Waals surface area contributed by atoms with E-state index in [-0.39, 0.29) is 29.9 Å². The molecule has 1 fully saturated rings. The van der Waals surface area contributed by atoms with Crippen LogP contribution in [0.1, 0.15) is 47.2 Å². The molecule has 1 saturated carbocycles. The Hall–Kier alpha value is -5.67. The number of nitrogens with one attached hydrogen (secondary N) is 4. The number of nitriles is 1. The Kier molecular flexibility index (Phi) is 12.8. The Morgan fingerprint density at radius 3 is 1.96 bits per heavy atom. The molecule has 1 heterocycles. The second-order valence-electron chi connectivity index (χ2n) is 9.87. The minimum atomic E-state index is -5.08. The van der Waals surface area contributed by atoms with E-state index in [9.17, 15) is 31.1 Å². The van der Waals surface area contributed by atoms with Crippen LogP contribution in [0.3, 0.4) is 0 Å². The van der Waals surface area contributed by atoms with Crippen LogP contribution < -0.4 is 21.7 Å². The van der Waals surface area contributed by atoms with Gasteiger partial charge in [-0.2, -0.15) is 36.6 Å². The van der Waals surface area contributed by atoms with Gasteiger partial charge >= 0.3 is 24.3 Å². The zero-order valence-electron chi connectivity index (χ0n) is 24.3. The average Bonchev–Trinajstić information content (AvgIpc) is 2.98. The van der Waals surface area contributed by atoms with Gasteiger partial charge in [0.1, 0.15) is 5.82 Å². The van der Waals surface area contributed by atoms with Crippen molar-refractivity contribution in [1.82, 2.24) is 15.3 Å². The highest BCUT2D eigenvalue weighted by Gasteiger charge is 2.39. The van der Waals surface area contributed by atoms with Crippen molar-refractivity contribution in [2.45, 2.75) is 57.0 Å². The SMILES string of the molecule is Cc1ccc2nc(NC(=O)c3ccc(C#N)cc3)nc(NC3CCCCC3NC(=N)N)c2c1.O=C(O)C(F)(F)F.O=C(O)C(F)(F)F. The summed E-state index contributed by atoms with van der Waals surface area (Å²) in [4.78, 5) is 39.7. The predicted molar refractivity (Wildman–Crippen MR) is 155 cm³/mol. The lowest BCUT2D eigenvalue weighted by Crippen LogP contribution is -2.50. The van der Waals surface area contributed by atoms with Crippen molar-refractivity contribution in [2.24, 2.45) is 5.73 Å². The summed E-state index contributed by atoms with van der Waals surface area (Å²) in [5, 5.41) is 41.0. The number of carboxylic acid groups (broad SMARTS) is 2. The van der Waals surface area contributed by atoms with Crippen LogP contribution in [-0.4, -0.2) is 68.4 Å². The molecule has 47 heavy (non-hydrogen) atoms. The number of carbonyl (C=O) groups excluding carboxylic acids is 1. The van der Waals surface area contributed by atoms with Crippen LogP contribution in [0.2, 0.25) is 0 Å². The van der Waals surface area contributed by atoms with E-state index in [1.165, 1.54) is 0 Å². The smallest absolute Gasteiger partial charge is 0.475 e. The summed E-state index contributed by atoms with van der Waals surface area (Å²) in [6.45, 7) is 2.00. The minimum absolute atomic E-state index is 0.0164. The maximum atomic E-state index is 12.7. The number of hydrogen-bond donors (Lipinski definition) is 7. The van der Waals surface area contributed by atoms with Gasteiger partial charge in [-0.05, 0) is 56.2 Å².